The van der Waals surface area contributed by atoms with Crippen molar-refractivity contribution >= 4 is 57.3 Å². The Morgan fingerprint density at radius 3 is 2.09 bits per heavy atom. The normalized spacial score (nSPS) is 19.2. The van der Waals surface area contributed by atoms with Crippen molar-refractivity contribution in [3.63, 3.8) is 0 Å². The smallest absolute Gasteiger partial charge is 0.352 e. The van der Waals surface area contributed by atoms with Gasteiger partial charge in [-0.3, -0.25) is 14.6 Å². The van der Waals surface area contributed by atoms with Crippen LogP contribution in [0, 0.1) is 0 Å². The summed E-state index contributed by atoms with van der Waals surface area (Å²) in [6, 6.07) is 32.2. The molecule has 5 aromatic rings. The molecule has 2 amide bonds. The number of thiazole rings is 1. The molecule has 0 saturated carbocycles. The van der Waals surface area contributed by atoms with Crippen molar-refractivity contribution < 1.29 is 24.3 Å². The number of carbonyl (C=O) groups excluding carboxylic acids is 2. The van der Waals surface area contributed by atoms with Crippen LogP contribution in [0.3, 0.4) is 0 Å². The van der Waals surface area contributed by atoms with E-state index >= 15 is 0 Å². The zero-order valence-electron chi connectivity index (χ0n) is 29.3. The number of nitrogen functional groups attached to an aromatic ring is 1. The van der Waals surface area contributed by atoms with Gasteiger partial charge in [-0.1, -0.05) is 96.2 Å². The Morgan fingerprint density at radius 2 is 1.56 bits per heavy atom. The zero-order chi connectivity index (χ0) is 37.9. The first-order valence-electron chi connectivity index (χ1n) is 17.6. The fourth-order valence-corrected chi connectivity index (χ4v) is 9.24. The van der Waals surface area contributed by atoms with Crippen molar-refractivity contribution in [2.24, 2.45) is 5.16 Å². The molecule has 3 aliphatic heterocycles. The number of amides is 2. The molecule has 0 aliphatic carbocycles. The third-order valence-electron chi connectivity index (χ3n) is 9.84. The van der Waals surface area contributed by atoms with E-state index in [1.165, 1.54) is 23.1 Å². The van der Waals surface area contributed by atoms with Gasteiger partial charge in [0, 0.05) is 64.5 Å². The van der Waals surface area contributed by atoms with E-state index < -0.39 is 23.5 Å². The number of nitrogens with zero attached hydrogens (tertiary/aromatic N) is 4. The Labute approximate surface area is 324 Å². The second-order valence-electron chi connectivity index (χ2n) is 13.0. The predicted molar refractivity (Wildman–Crippen MR) is 212 cm³/mol. The molecule has 5 heterocycles. The number of carboxylic acids is 1. The highest BCUT2D eigenvalue weighted by atomic mass is 32.2. The number of allylic oxidation sites excluding steroid dienone is 1. The maximum atomic E-state index is 14.3. The quantitative estimate of drug-likeness (QED) is 0.0619. The van der Waals surface area contributed by atoms with Gasteiger partial charge in [-0.05, 0) is 29.7 Å². The summed E-state index contributed by atoms with van der Waals surface area (Å²) in [5.41, 5.74) is 9.89. The monoisotopic (exact) mass is 769 g/mol. The minimum Gasteiger partial charge on any atom is -0.477 e. The minimum absolute atomic E-state index is 0.0778. The summed E-state index contributed by atoms with van der Waals surface area (Å²) in [5, 5.41) is 22.7. The summed E-state index contributed by atoms with van der Waals surface area (Å²) in [6.07, 6.45) is 3.73. The van der Waals surface area contributed by atoms with E-state index in [0.29, 0.717) is 35.4 Å². The third kappa shape index (κ3) is 6.74. The summed E-state index contributed by atoms with van der Waals surface area (Å²) in [6.45, 7) is 0.697. The van der Waals surface area contributed by atoms with E-state index in [2.05, 4.69) is 25.8 Å². The number of oxime groups is 1. The fraction of sp³-hybridized carbons (Fsp3) is 0.171. The van der Waals surface area contributed by atoms with Crippen LogP contribution in [0.1, 0.15) is 34.4 Å². The molecule has 276 valence electrons. The van der Waals surface area contributed by atoms with Crippen LogP contribution in [0.5, 0.6) is 0 Å². The van der Waals surface area contributed by atoms with Crippen LogP contribution < -0.4 is 16.4 Å². The van der Waals surface area contributed by atoms with E-state index in [1.54, 1.807) is 34.8 Å². The van der Waals surface area contributed by atoms with Gasteiger partial charge in [-0.25, -0.2) is 9.78 Å². The van der Waals surface area contributed by atoms with Gasteiger partial charge in [0.2, 0.25) is 11.5 Å². The molecule has 2 fully saturated rings. The lowest BCUT2D eigenvalue weighted by atomic mass is 9.80. The van der Waals surface area contributed by atoms with Crippen LogP contribution >= 0.6 is 23.1 Å². The number of carboxylic acid groups (broad SMARTS) is 1. The van der Waals surface area contributed by atoms with Gasteiger partial charge in [-0.15, -0.1) is 23.1 Å². The van der Waals surface area contributed by atoms with Crippen LogP contribution in [-0.4, -0.2) is 73.7 Å². The Morgan fingerprint density at radius 1 is 0.945 bits per heavy atom. The van der Waals surface area contributed by atoms with Crippen molar-refractivity contribution in [3.05, 3.63) is 166 Å². The molecule has 8 rings (SSSR count). The van der Waals surface area contributed by atoms with Crippen LogP contribution in [0.4, 0.5) is 5.13 Å². The van der Waals surface area contributed by atoms with E-state index in [4.69, 9.17) is 10.6 Å². The fourth-order valence-electron chi connectivity index (χ4n) is 7.32. The van der Waals surface area contributed by atoms with Crippen LogP contribution in [0.25, 0.3) is 5.57 Å². The summed E-state index contributed by atoms with van der Waals surface area (Å²) in [5.74, 6) is -1.56. The van der Waals surface area contributed by atoms with E-state index in [0.717, 1.165) is 22.3 Å². The lowest BCUT2D eigenvalue weighted by molar-refractivity contribution is -0.135. The molecule has 0 unspecified atom stereocenters. The Kier molecular flexibility index (Phi) is 9.91. The van der Waals surface area contributed by atoms with Gasteiger partial charge in [0.05, 0.1) is 11.4 Å². The first-order valence-corrected chi connectivity index (χ1v) is 19.5. The van der Waals surface area contributed by atoms with Crippen LogP contribution in [-0.2, 0) is 24.8 Å². The topological polar surface area (TPSA) is 172 Å². The van der Waals surface area contributed by atoms with Crippen LogP contribution in [0.2, 0.25) is 0 Å². The average molecular weight is 770 g/mol. The standard InChI is InChI=1S/C41H35N7O5S2/c42-40-46-32(24-55-40)34(47-53-41(26-10-4-1-5-11-26,27-12-6-2-7-13-27)28-14-8-3-9-15-28)37(50)45-31-22-48-35(39(51)52)30(23-54-38(31)48)33(25-16-19-43-20-17-25)29-18-21-44-36(29)49/h1-17,19-20,24,31,38H,18,21-23H2,(H2,42,46)(H,44,49)(H,45,50)(H,51,52)/t31-,38-/m1/s1. The molecular weight excluding hydrogens is 735 g/mol. The molecular formula is C41H35N7O5S2. The highest BCUT2D eigenvalue weighted by molar-refractivity contribution is 8.00. The number of hydrogen-bond acceptors (Lipinski definition) is 11. The molecule has 0 spiro atoms. The van der Waals surface area contributed by atoms with Gasteiger partial charge < -0.3 is 31.2 Å². The van der Waals surface area contributed by atoms with E-state index in [-0.39, 0.29) is 40.1 Å². The maximum absolute atomic E-state index is 14.3. The average Bonchev–Trinajstić information content (AvgIpc) is 3.84. The van der Waals surface area contributed by atoms with Crippen molar-refractivity contribution in [3.8, 4) is 0 Å². The van der Waals surface area contributed by atoms with Crippen molar-refractivity contribution in [1.29, 1.82) is 0 Å². The molecule has 2 saturated heterocycles. The number of carbonyl (C=O) groups is 3. The summed E-state index contributed by atoms with van der Waals surface area (Å²) in [7, 11) is 0. The van der Waals surface area contributed by atoms with Gasteiger partial charge in [-0.2, -0.15) is 0 Å². The summed E-state index contributed by atoms with van der Waals surface area (Å²) >= 11 is 2.67. The van der Waals surface area contributed by atoms with Crippen molar-refractivity contribution in [1.82, 2.24) is 25.5 Å². The number of anilines is 1. The second-order valence-corrected chi connectivity index (χ2v) is 15.0. The summed E-state index contributed by atoms with van der Waals surface area (Å²) < 4.78 is 0. The van der Waals surface area contributed by atoms with Gasteiger partial charge in [0.25, 0.3) is 5.91 Å². The van der Waals surface area contributed by atoms with Gasteiger partial charge >= 0.3 is 5.97 Å². The molecule has 2 atom stereocenters. The molecule has 55 heavy (non-hydrogen) atoms. The molecule has 0 bridgehead atoms. The number of rotatable bonds is 11. The lowest BCUT2D eigenvalue weighted by Gasteiger charge is -2.52. The minimum atomic E-state index is -1.25. The highest BCUT2D eigenvalue weighted by Crippen LogP contribution is 2.45. The molecule has 5 N–H and O–H groups in total. The Hall–Kier alpha value is -6.25. The second kappa shape index (κ2) is 15.2. The number of benzene rings is 3. The van der Waals surface area contributed by atoms with E-state index in [9.17, 15) is 19.5 Å². The number of nitrogens with two attached hydrogens (primary N) is 1. The lowest BCUT2D eigenvalue weighted by Crippen LogP contribution is -2.67. The number of nitrogens with one attached hydrogen (secondary N) is 2. The first-order chi connectivity index (χ1) is 26.8. The molecule has 3 aliphatic rings. The Bertz CT molecular complexity index is 2240. The third-order valence-corrected chi connectivity index (χ3v) is 11.9. The molecule has 12 nitrogen and oxygen atoms in total. The molecule has 2 aromatic heterocycles. The van der Waals surface area contributed by atoms with Crippen LogP contribution in [0.15, 0.2) is 143 Å². The number of hydrogen-bond donors (Lipinski definition) is 4. The van der Waals surface area contributed by atoms with Gasteiger partial charge in [0.15, 0.2) is 10.8 Å². The zero-order valence-corrected chi connectivity index (χ0v) is 30.9. The first kappa shape index (κ1) is 35.8. The number of thioether (sulfide) groups is 1. The highest BCUT2D eigenvalue weighted by Gasteiger charge is 2.48. The molecule has 14 heteroatoms. The van der Waals surface area contributed by atoms with Crippen molar-refractivity contribution in [2.75, 3.05) is 24.6 Å². The SMILES string of the molecule is Nc1nc(C(=NOC(c2ccccc2)(c2ccccc2)c2ccccc2)C(=O)N[C@@H]2CN3C(C(=O)O)=C(C(=C4CCNC4=O)c4ccncc4)CS[C@H]23)cs1. The number of aromatic nitrogens is 2. The number of fused-ring (bicyclic) bond motifs is 1. The number of aliphatic carboxylic acids is 1. The molecule has 0 radical (unpaired) electrons. The van der Waals surface area contributed by atoms with E-state index in [1.807, 2.05) is 91.0 Å². The summed E-state index contributed by atoms with van der Waals surface area (Å²) in [4.78, 5) is 57.2. The molecule has 3 aromatic carbocycles. The Balaban J connectivity index is 1.13. The largest absolute Gasteiger partial charge is 0.477 e. The predicted octanol–water partition coefficient (Wildman–Crippen LogP) is 5.02. The maximum Gasteiger partial charge on any atom is 0.352 e. The van der Waals surface area contributed by atoms with Crippen molar-refractivity contribution in [2.45, 2.75) is 23.4 Å². The number of pyridine rings is 1. The van der Waals surface area contributed by atoms with Gasteiger partial charge in [0.1, 0.15) is 11.4 Å².